The molecule has 5 nitrogen and oxygen atoms in total. The normalized spacial score (nSPS) is 12.5. The molecule has 21 heavy (non-hydrogen) atoms. The highest BCUT2D eigenvalue weighted by molar-refractivity contribution is 5.85. The summed E-state index contributed by atoms with van der Waals surface area (Å²) in [7, 11) is 3.66. The van der Waals surface area contributed by atoms with Crippen molar-refractivity contribution >= 4 is 29.9 Å². The molecule has 0 bridgehead atoms. The molecule has 0 radical (unpaired) electrons. The first-order valence-electron chi connectivity index (χ1n) is 6.72. The SMILES string of the molecule is COc1cccc(N(C)c2nc(N)nc3c2CCC3)c1.Cl. The van der Waals surface area contributed by atoms with Crippen molar-refractivity contribution in [3.8, 4) is 5.75 Å². The summed E-state index contributed by atoms with van der Waals surface area (Å²) in [6.45, 7) is 0. The highest BCUT2D eigenvalue weighted by Crippen LogP contribution is 2.33. The van der Waals surface area contributed by atoms with Gasteiger partial charge in [0, 0.05) is 24.4 Å². The number of methoxy groups -OCH3 is 1. The van der Waals surface area contributed by atoms with Gasteiger partial charge in [0.15, 0.2) is 0 Å². The largest absolute Gasteiger partial charge is 0.497 e. The Bertz CT molecular complexity index is 648. The second-order valence-electron chi connectivity index (χ2n) is 4.94. The van der Waals surface area contributed by atoms with E-state index >= 15 is 0 Å². The van der Waals surface area contributed by atoms with E-state index in [-0.39, 0.29) is 12.4 Å². The Hall–Kier alpha value is -2.01. The number of nitrogens with zero attached hydrogens (tertiary/aromatic N) is 3. The van der Waals surface area contributed by atoms with E-state index in [4.69, 9.17) is 10.5 Å². The lowest BCUT2D eigenvalue weighted by atomic mass is 10.2. The summed E-state index contributed by atoms with van der Waals surface area (Å²) in [4.78, 5) is 10.8. The van der Waals surface area contributed by atoms with Crippen molar-refractivity contribution in [1.29, 1.82) is 0 Å². The average molecular weight is 307 g/mol. The third-order valence-corrected chi connectivity index (χ3v) is 3.69. The predicted molar refractivity (Wildman–Crippen MR) is 86.8 cm³/mol. The number of halogens is 1. The maximum Gasteiger partial charge on any atom is 0.222 e. The van der Waals surface area contributed by atoms with Crippen LogP contribution >= 0.6 is 12.4 Å². The number of hydrogen-bond donors (Lipinski definition) is 1. The van der Waals surface area contributed by atoms with Crippen molar-refractivity contribution in [3.63, 3.8) is 0 Å². The molecule has 0 atom stereocenters. The van der Waals surface area contributed by atoms with Crippen LogP contribution < -0.4 is 15.4 Å². The van der Waals surface area contributed by atoms with Crippen LogP contribution in [0.1, 0.15) is 17.7 Å². The Kier molecular flexibility index (Phi) is 4.53. The molecule has 0 unspecified atom stereocenters. The number of nitrogen functional groups attached to an aromatic ring is 1. The summed E-state index contributed by atoms with van der Waals surface area (Å²) in [5.41, 5.74) is 9.15. The van der Waals surface area contributed by atoms with E-state index in [2.05, 4.69) is 9.97 Å². The van der Waals surface area contributed by atoms with Crippen molar-refractivity contribution in [2.75, 3.05) is 24.8 Å². The summed E-state index contributed by atoms with van der Waals surface area (Å²) < 4.78 is 5.27. The van der Waals surface area contributed by atoms with Gasteiger partial charge in [0.2, 0.25) is 5.95 Å². The van der Waals surface area contributed by atoms with Crippen LogP contribution in [0.3, 0.4) is 0 Å². The smallest absolute Gasteiger partial charge is 0.222 e. The molecule has 0 aliphatic heterocycles. The first-order chi connectivity index (χ1) is 9.69. The summed E-state index contributed by atoms with van der Waals surface area (Å²) in [6, 6.07) is 7.91. The number of fused-ring (bicyclic) bond motifs is 1. The van der Waals surface area contributed by atoms with Gasteiger partial charge in [-0.1, -0.05) is 6.07 Å². The minimum absolute atomic E-state index is 0. The van der Waals surface area contributed by atoms with Crippen molar-refractivity contribution in [2.24, 2.45) is 0 Å². The van der Waals surface area contributed by atoms with Gasteiger partial charge in [-0.25, -0.2) is 4.98 Å². The fraction of sp³-hybridized carbons (Fsp3) is 0.333. The molecule has 2 N–H and O–H groups in total. The Morgan fingerprint density at radius 3 is 2.81 bits per heavy atom. The van der Waals surface area contributed by atoms with Gasteiger partial charge in [-0.3, -0.25) is 0 Å². The minimum Gasteiger partial charge on any atom is -0.497 e. The maximum absolute atomic E-state index is 5.83. The third-order valence-electron chi connectivity index (χ3n) is 3.69. The van der Waals surface area contributed by atoms with E-state index in [0.717, 1.165) is 42.2 Å². The minimum atomic E-state index is 0. The van der Waals surface area contributed by atoms with Crippen molar-refractivity contribution in [2.45, 2.75) is 19.3 Å². The van der Waals surface area contributed by atoms with Crippen molar-refractivity contribution < 1.29 is 4.74 Å². The molecular formula is C15H19ClN4O. The monoisotopic (exact) mass is 306 g/mol. The second-order valence-corrected chi connectivity index (χ2v) is 4.94. The molecule has 0 fully saturated rings. The van der Waals surface area contributed by atoms with Gasteiger partial charge in [-0.05, 0) is 31.4 Å². The van der Waals surface area contributed by atoms with E-state index in [1.54, 1.807) is 7.11 Å². The third kappa shape index (κ3) is 2.88. The van der Waals surface area contributed by atoms with Gasteiger partial charge in [0.25, 0.3) is 0 Å². The molecule has 2 aromatic rings. The molecule has 112 valence electrons. The zero-order valence-electron chi connectivity index (χ0n) is 12.2. The van der Waals surface area contributed by atoms with E-state index in [0.29, 0.717) is 5.95 Å². The lowest BCUT2D eigenvalue weighted by molar-refractivity contribution is 0.415. The summed E-state index contributed by atoms with van der Waals surface area (Å²) in [5, 5.41) is 0. The zero-order valence-corrected chi connectivity index (χ0v) is 13.0. The predicted octanol–water partition coefficient (Wildman–Crippen LogP) is 2.75. The van der Waals surface area contributed by atoms with Gasteiger partial charge < -0.3 is 15.4 Å². The number of rotatable bonds is 3. The Morgan fingerprint density at radius 2 is 2.05 bits per heavy atom. The standard InChI is InChI=1S/C15H18N4O.ClH/c1-19(10-5-3-6-11(9-10)20-2)14-12-7-4-8-13(12)17-15(16)18-14;/h3,5-6,9H,4,7-8H2,1-2H3,(H2,16,17,18);1H. The van der Waals surface area contributed by atoms with Gasteiger partial charge >= 0.3 is 0 Å². The summed E-state index contributed by atoms with van der Waals surface area (Å²) in [6.07, 6.45) is 3.12. The lowest BCUT2D eigenvalue weighted by Crippen LogP contribution is -2.15. The molecule has 3 rings (SSSR count). The molecule has 0 saturated heterocycles. The molecule has 1 aromatic heterocycles. The number of ether oxygens (including phenoxy) is 1. The highest BCUT2D eigenvalue weighted by Gasteiger charge is 2.21. The quantitative estimate of drug-likeness (QED) is 0.944. The Morgan fingerprint density at radius 1 is 1.24 bits per heavy atom. The van der Waals surface area contributed by atoms with Crippen LogP contribution in [-0.2, 0) is 12.8 Å². The van der Waals surface area contributed by atoms with Crippen LogP contribution in [-0.4, -0.2) is 24.1 Å². The number of hydrogen-bond acceptors (Lipinski definition) is 5. The van der Waals surface area contributed by atoms with Crippen molar-refractivity contribution in [1.82, 2.24) is 9.97 Å². The number of aryl methyl sites for hydroxylation is 1. The molecule has 0 spiro atoms. The van der Waals surface area contributed by atoms with Crippen molar-refractivity contribution in [3.05, 3.63) is 35.5 Å². The van der Waals surface area contributed by atoms with Gasteiger partial charge in [-0.15, -0.1) is 12.4 Å². The lowest BCUT2D eigenvalue weighted by Gasteiger charge is -2.21. The highest BCUT2D eigenvalue weighted by atomic mass is 35.5. The topological polar surface area (TPSA) is 64.3 Å². The number of nitrogens with two attached hydrogens (primary N) is 1. The molecule has 1 heterocycles. The summed E-state index contributed by atoms with van der Waals surface area (Å²) >= 11 is 0. The first kappa shape index (κ1) is 15.4. The molecular weight excluding hydrogens is 288 g/mol. The fourth-order valence-corrected chi connectivity index (χ4v) is 2.65. The zero-order chi connectivity index (χ0) is 14.1. The van der Waals surface area contributed by atoms with E-state index in [9.17, 15) is 0 Å². The number of aromatic nitrogens is 2. The van der Waals surface area contributed by atoms with E-state index in [1.165, 1.54) is 5.56 Å². The van der Waals surface area contributed by atoms with Crippen LogP contribution in [0.4, 0.5) is 17.5 Å². The molecule has 0 saturated carbocycles. The van der Waals surface area contributed by atoms with Crippen LogP contribution in [0, 0.1) is 0 Å². The van der Waals surface area contributed by atoms with Crippen LogP contribution in [0.2, 0.25) is 0 Å². The molecule has 1 aliphatic rings. The Labute approximate surface area is 130 Å². The Balaban J connectivity index is 0.00000161. The molecule has 1 aromatic carbocycles. The van der Waals surface area contributed by atoms with Crippen LogP contribution in [0.25, 0.3) is 0 Å². The second kappa shape index (κ2) is 6.18. The summed E-state index contributed by atoms with van der Waals surface area (Å²) in [5.74, 6) is 2.07. The van der Waals surface area contributed by atoms with Gasteiger partial charge in [0.05, 0.1) is 12.8 Å². The van der Waals surface area contributed by atoms with Gasteiger partial charge in [0.1, 0.15) is 11.6 Å². The first-order valence-corrected chi connectivity index (χ1v) is 6.72. The molecule has 0 amide bonds. The number of anilines is 3. The molecule has 6 heteroatoms. The van der Waals surface area contributed by atoms with Gasteiger partial charge in [-0.2, -0.15) is 4.98 Å². The number of benzene rings is 1. The molecule has 1 aliphatic carbocycles. The van der Waals surface area contributed by atoms with Crippen LogP contribution in [0.15, 0.2) is 24.3 Å². The van der Waals surface area contributed by atoms with Crippen LogP contribution in [0.5, 0.6) is 5.75 Å². The van der Waals surface area contributed by atoms with E-state index < -0.39 is 0 Å². The fourth-order valence-electron chi connectivity index (χ4n) is 2.65. The average Bonchev–Trinajstić information content (AvgIpc) is 2.93. The van der Waals surface area contributed by atoms with E-state index in [1.807, 2.05) is 36.2 Å². The maximum atomic E-state index is 5.83.